The molecular formula is C17H20N4O3. The largest absolute Gasteiger partial charge is 0.364 e. The van der Waals surface area contributed by atoms with Crippen molar-refractivity contribution in [2.24, 2.45) is 5.73 Å². The summed E-state index contributed by atoms with van der Waals surface area (Å²) in [5.74, 6) is -0.165. The van der Waals surface area contributed by atoms with Crippen molar-refractivity contribution in [3.8, 4) is 0 Å². The molecule has 7 heteroatoms. The summed E-state index contributed by atoms with van der Waals surface area (Å²) >= 11 is 0. The van der Waals surface area contributed by atoms with Gasteiger partial charge in [0.2, 0.25) is 0 Å². The second kappa shape index (κ2) is 7.37. The molecule has 126 valence electrons. The van der Waals surface area contributed by atoms with E-state index < -0.39 is 6.10 Å². The van der Waals surface area contributed by atoms with Crippen molar-refractivity contribution >= 4 is 11.6 Å². The minimum atomic E-state index is -0.455. The maximum Gasteiger partial charge on any atom is 0.347 e. The van der Waals surface area contributed by atoms with Crippen molar-refractivity contribution in [1.29, 1.82) is 0 Å². The van der Waals surface area contributed by atoms with E-state index in [4.69, 9.17) is 10.5 Å². The second-order valence-corrected chi connectivity index (χ2v) is 5.78. The molecule has 1 fully saturated rings. The Morgan fingerprint density at radius 3 is 3.00 bits per heavy atom. The zero-order valence-corrected chi connectivity index (χ0v) is 13.2. The number of carbonyl (C=O) groups excluding carboxylic acids is 1. The summed E-state index contributed by atoms with van der Waals surface area (Å²) in [6.07, 6.45) is 4.13. The smallest absolute Gasteiger partial charge is 0.347 e. The first-order valence-corrected chi connectivity index (χ1v) is 7.92. The number of carbonyl (C=O) groups is 1. The van der Waals surface area contributed by atoms with Crippen LogP contribution in [0.5, 0.6) is 0 Å². The number of amides is 1. The van der Waals surface area contributed by atoms with Gasteiger partial charge in [0.05, 0.1) is 12.6 Å². The Labute approximate surface area is 139 Å². The number of nitrogens with one attached hydrogen (secondary N) is 1. The van der Waals surface area contributed by atoms with E-state index in [1.807, 2.05) is 24.3 Å². The molecule has 3 rings (SSSR count). The second-order valence-electron chi connectivity index (χ2n) is 5.78. The molecule has 0 saturated carbocycles. The van der Waals surface area contributed by atoms with Crippen molar-refractivity contribution < 1.29 is 9.53 Å². The lowest BCUT2D eigenvalue weighted by molar-refractivity contribution is -0.126. The number of anilines is 1. The quantitative estimate of drug-likeness (QED) is 0.843. The molecule has 3 N–H and O–H groups in total. The molecule has 0 unspecified atom stereocenters. The van der Waals surface area contributed by atoms with Crippen molar-refractivity contribution in [3.05, 3.63) is 58.8 Å². The van der Waals surface area contributed by atoms with E-state index in [9.17, 15) is 9.59 Å². The molecule has 1 saturated heterocycles. The van der Waals surface area contributed by atoms with Crippen LogP contribution >= 0.6 is 0 Å². The highest BCUT2D eigenvalue weighted by molar-refractivity contribution is 5.94. The fourth-order valence-electron chi connectivity index (χ4n) is 2.75. The number of aromatic nitrogens is 2. The molecule has 0 bridgehead atoms. The van der Waals surface area contributed by atoms with Gasteiger partial charge in [0.25, 0.3) is 5.91 Å². The van der Waals surface area contributed by atoms with E-state index in [1.165, 1.54) is 10.8 Å². The molecule has 7 nitrogen and oxygen atoms in total. The van der Waals surface area contributed by atoms with Gasteiger partial charge in [0.1, 0.15) is 6.10 Å². The van der Waals surface area contributed by atoms with Crippen molar-refractivity contribution in [1.82, 2.24) is 9.55 Å². The van der Waals surface area contributed by atoms with Gasteiger partial charge >= 0.3 is 5.69 Å². The van der Waals surface area contributed by atoms with Gasteiger partial charge in [-0.3, -0.25) is 9.36 Å². The Morgan fingerprint density at radius 2 is 2.25 bits per heavy atom. The van der Waals surface area contributed by atoms with Crippen LogP contribution in [-0.2, 0) is 16.1 Å². The Kier molecular flexibility index (Phi) is 5.02. The summed E-state index contributed by atoms with van der Waals surface area (Å²) in [4.78, 5) is 27.7. The summed E-state index contributed by atoms with van der Waals surface area (Å²) in [5.41, 5.74) is 6.83. The molecule has 1 aliphatic heterocycles. The molecule has 2 heterocycles. The van der Waals surface area contributed by atoms with Crippen LogP contribution in [0.15, 0.2) is 47.5 Å². The maximum absolute atomic E-state index is 12.3. The SMILES string of the molecule is NC[C@H]1CC[C@@H](C(=O)Nc2cccc(Cn3cccnc3=O)c2)O1. The third-order valence-corrected chi connectivity index (χ3v) is 3.99. The minimum Gasteiger partial charge on any atom is -0.364 e. The van der Waals surface area contributed by atoms with Gasteiger partial charge in [0, 0.05) is 24.6 Å². The number of nitrogens with two attached hydrogens (primary N) is 1. The van der Waals surface area contributed by atoms with Crippen LogP contribution in [0.4, 0.5) is 5.69 Å². The summed E-state index contributed by atoms with van der Waals surface area (Å²) in [6.45, 7) is 0.824. The molecule has 1 aromatic heterocycles. The lowest BCUT2D eigenvalue weighted by Gasteiger charge is -2.13. The number of ether oxygens (including phenoxy) is 1. The highest BCUT2D eigenvalue weighted by Gasteiger charge is 2.29. The van der Waals surface area contributed by atoms with E-state index in [0.29, 0.717) is 25.2 Å². The standard InChI is InChI=1S/C17H20N4O3/c18-10-14-5-6-15(24-14)16(22)20-13-4-1-3-12(9-13)11-21-8-2-7-19-17(21)23/h1-4,7-9,14-15H,5-6,10-11,18H2,(H,20,22)/t14-,15+/m1/s1. The highest BCUT2D eigenvalue weighted by Crippen LogP contribution is 2.21. The third kappa shape index (κ3) is 3.87. The molecule has 0 radical (unpaired) electrons. The van der Waals surface area contributed by atoms with E-state index in [0.717, 1.165) is 12.0 Å². The van der Waals surface area contributed by atoms with Crippen LogP contribution in [0, 0.1) is 0 Å². The predicted octanol–water partition coefficient (Wildman–Crippen LogP) is 0.736. The maximum atomic E-state index is 12.3. The monoisotopic (exact) mass is 328 g/mol. The van der Waals surface area contributed by atoms with Crippen LogP contribution < -0.4 is 16.7 Å². The number of nitrogens with zero attached hydrogens (tertiary/aromatic N) is 2. The average molecular weight is 328 g/mol. The molecule has 2 atom stereocenters. The van der Waals surface area contributed by atoms with E-state index >= 15 is 0 Å². The van der Waals surface area contributed by atoms with Gasteiger partial charge in [0.15, 0.2) is 0 Å². The van der Waals surface area contributed by atoms with Crippen molar-refractivity contribution in [2.45, 2.75) is 31.6 Å². The normalized spacial score (nSPS) is 20.0. The molecule has 2 aromatic rings. The lowest BCUT2D eigenvalue weighted by Crippen LogP contribution is -2.29. The molecule has 1 aromatic carbocycles. The molecule has 24 heavy (non-hydrogen) atoms. The van der Waals surface area contributed by atoms with Gasteiger partial charge in [-0.2, -0.15) is 0 Å². The topological polar surface area (TPSA) is 99.2 Å². The van der Waals surface area contributed by atoms with Gasteiger partial charge < -0.3 is 15.8 Å². The van der Waals surface area contributed by atoms with Gasteiger partial charge in [-0.15, -0.1) is 0 Å². The van der Waals surface area contributed by atoms with Crippen LogP contribution in [-0.4, -0.2) is 34.2 Å². The average Bonchev–Trinajstić information content (AvgIpc) is 3.07. The Hall–Kier alpha value is -2.51. The number of rotatable bonds is 5. The summed E-state index contributed by atoms with van der Waals surface area (Å²) in [7, 11) is 0. The third-order valence-electron chi connectivity index (χ3n) is 3.99. The Bertz CT molecular complexity index is 774. The first-order chi connectivity index (χ1) is 11.7. The fourth-order valence-corrected chi connectivity index (χ4v) is 2.75. The Balaban J connectivity index is 1.66. The first-order valence-electron chi connectivity index (χ1n) is 7.92. The fraction of sp³-hybridized carbons (Fsp3) is 0.353. The van der Waals surface area contributed by atoms with Crippen LogP contribution in [0.25, 0.3) is 0 Å². The zero-order valence-electron chi connectivity index (χ0n) is 13.2. The number of hydrogen-bond acceptors (Lipinski definition) is 5. The number of hydrogen-bond donors (Lipinski definition) is 2. The van der Waals surface area contributed by atoms with Crippen molar-refractivity contribution in [3.63, 3.8) is 0 Å². The van der Waals surface area contributed by atoms with Gasteiger partial charge in [-0.25, -0.2) is 9.78 Å². The Morgan fingerprint density at radius 1 is 1.38 bits per heavy atom. The van der Waals surface area contributed by atoms with Crippen LogP contribution in [0.2, 0.25) is 0 Å². The number of benzene rings is 1. The van der Waals surface area contributed by atoms with Crippen LogP contribution in [0.3, 0.4) is 0 Å². The van der Waals surface area contributed by atoms with E-state index in [2.05, 4.69) is 10.3 Å². The predicted molar refractivity (Wildman–Crippen MR) is 89.6 cm³/mol. The molecule has 0 spiro atoms. The minimum absolute atomic E-state index is 0.0375. The lowest BCUT2D eigenvalue weighted by atomic mass is 10.1. The zero-order chi connectivity index (χ0) is 16.9. The first kappa shape index (κ1) is 16.4. The van der Waals surface area contributed by atoms with Gasteiger partial charge in [-0.05, 0) is 36.6 Å². The van der Waals surface area contributed by atoms with E-state index in [1.54, 1.807) is 12.3 Å². The summed E-state index contributed by atoms with van der Waals surface area (Å²) < 4.78 is 7.10. The molecular weight excluding hydrogens is 308 g/mol. The van der Waals surface area contributed by atoms with E-state index in [-0.39, 0.29) is 17.7 Å². The summed E-state index contributed by atoms with van der Waals surface area (Å²) in [5, 5.41) is 2.86. The van der Waals surface area contributed by atoms with Gasteiger partial charge in [-0.1, -0.05) is 12.1 Å². The van der Waals surface area contributed by atoms with Crippen molar-refractivity contribution in [2.75, 3.05) is 11.9 Å². The highest BCUT2D eigenvalue weighted by atomic mass is 16.5. The molecule has 1 amide bonds. The molecule has 0 aliphatic carbocycles. The van der Waals surface area contributed by atoms with Crippen LogP contribution in [0.1, 0.15) is 18.4 Å². The molecule has 1 aliphatic rings. The summed E-state index contributed by atoms with van der Waals surface area (Å²) in [6, 6.07) is 9.09.